The summed E-state index contributed by atoms with van der Waals surface area (Å²) in [5.41, 5.74) is 0.736. The van der Waals surface area contributed by atoms with Crippen LogP contribution < -0.4 is 0 Å². The molecule has 6 nitrogen and oxygen atoms in total. The summed E-state index contributed by atoms with van der Waals surface area (Å²) in [5.74, 6) is -0.315. The maximum Gasteiger partial charge on any atom is 0.410 e. The minimum Gasteiger partial charge on any atom is -0.469 e. The normalized spacial score (nSPS) is 15.4. The lowest BCUT2D eigenvalue weighted by Gasteiger charge is -2.39. The molecule has 1 aliphatic heterocycles. The van der Waals surface area contributed by atoms with E-state index in [1.807, 2.05) is 26.8 Å². The summed E-state index contributed by atoms with van der Waals surface area (Å²) in [6, 6.07) is 10.5. The Labute approximate surface area is 174 Å². The molecule has 1 saturated heterocycles. The zero-order chi connectivity index (χ0) is 19.9. The molecule has 1 aromatic rings. The van der Waals surface area contributed by atoms with E-state index in [-0.39, 0.29) is 36.9 Å². The highest BCUT2D eigenvalue weighted by Crippen LogP contribution is 2.21. The molecule has 0 atom stereocenters. The molecule has 0 N–H and O–H groups in total. The van der Waals surface area contributed by atoms with Crippen molar-refractivity contribution < 1.29 is 19.1 Å². The fourth-order valence-electron chi connectivity index (χ4n) is 3.29. The van der Waals surface area contributed by atoms with Gasteiger partial charge in [0.25, 0.3) is 0 Å². The Kier molecular flexibility index (Phi) is 9.76. The number of piperidine rings is 1. The number of benzene rings is 1. The van der Waals surface area contributed by atoms with Gasteiger partial charge in [-0.05, 0) is 39.2 Å². The SMILES string of the molecule is COC(=O)CCN(C(=O)OC(C)(C)C)C1CCN(Cc2ccccc2)CC1.Cl. The second-order valence-electron chi connectivity index (χ2n) is 7.99. The lowest BCUT2D eigenvalue weighted by molar-refractivity contribution is -0.141. The van der Waals surface area contributed by atoms with Gasteiger partial charge in [0.2, 0.25) is 0 Å². The van der Waals surface area contributed by atoms with E-state index in [2.05, 4.69) is 29.2 Å². The third-order valence-electron chi connectivity index (χ3n) is 4.66. The average Bonchev–Trinajstić information content (AvgIpc) is 2.62. The van der Waals surface area contributed by atoms with E-state index in [0.29, 0.717) is 6.54 Å². The predicted octanol–water partition coefficient (Wildman–Crippen LogP) is 3.87. The molecule has 0 radical (unpaired) electrons. The Morgan fingerprint density at radius 2 is 1.75 bits per heavy atom. The van der Waals surface area contributed by atoms with Crippen molar-refractivity contribution >= 4 is 24.5 Å². The molecular formula is C21H33ClN2O4. The summed E-state index contributed by atoms with van der Waals surface area (Å²) in [7, 11) is 1.36. The summed E-state index contributed by atoms with van der Waals surface area (Å²) in [6.45, 7) is 8.63. The summed E-state index contributed by atoms with van der Waals surface area (Å²) in [6.07, 6.45) is 1.56. The van der Waals surface area contributed by atoms with Crippen molar-refractivity contribution in [1.29, 1.82) is 0 Å². The number of rotatable bonds is 6. The molecule has 1 fully saturated rings. The first kappa shape index (κ1) is 24.2. The number of esters is 1. The van der Waals surface area contributed by atoms with Crippen molar-refractivity contribution in [3.05, 3.63) is 35.9 Å². The van der Waals surface area contributed by atoms with Gasteiger partial charge >= 0.3 is 12.1 Å². The molecule has 158 valence electrons. The maximum absolute atomic E-state index is 12.7. The second kappa shape index (κ2) is 11.3. The van der Waals surface area contributed by atoms with Gasteiger partial charge in [-0.2, -0.15) is 0 Å². The molecule has 0 aliphatic carbocycles. The van der Waals surface area contributed by atoms with Crippen LogP contribution >= 0.6 is 12.4 Å². The number of likely N-dealkylation sites (tertiary alicyclic amines) is 1. The van der Waals surface area contributed by atoms with Crippen LogP contribution in [0, 0.1) is 0 Å². The summed E-state index contributed by atoms with van der Waals surface area (Å²) >= 11 is 0. The lowest BCUT2D eigenvalue weighted by atomic mass is 10.0. The van der Waals surface area contributed by atoms with Crippen LogP contribution in [0.2, 0.25) is 0 Å². The number of ether oxygens (including phenoxy) is 2. The number of hydrogen-bond donors (Lipinski definition) is 0. The fourth-order valence-corrected chi connectivity index (χ4v) is 3.29. The average molecular weight is 413 g/mol. The van der Waals surface area contributed by atoms with Gasteiger partial charge in [-0.25, -0.2) is 4.79 Å². The van der Waals surface area contributed by atoms with Crippen molar-refractivity contribution in [2.24, 2.45) is 0 Å². The highest BCUT2D eigenvalue weighted by Gasteiger charge is 2.31. The van der Waals surface area contributed by atoms with E-state index in [0.717, 1.165) is 32.5 Å². The standard InChI is InChI=1S/C21H32N2O4.ClH/c1-21(2,3)27-20(25)23(15-12-19(24)26-4)18-10-13-22(14-11-18)16-17-8-6-5-7-9-17;/h5-9,18H,10-16H2,1-4H3;1H. The Hall–Kier alpha value is -1.79. The molecular weight excluding hydrogens is 380 g/mol. The molecule has 1 heterocycles. The Bertz CT molecular complexity index is 611. The highest BCUT2D eigenvalue weighted by molar-refractivity contribution is 5.85. The molecule has 2 rings (SSSR count). The largest absolute Gasteiger partial charge is 0.469 e. The van der Waals surface area contributed by atoms with Crippen LogP contribution in [0.5, 0.6) is 0 Å². The third-order valence-corrected chi connectivity index (χ3v) is 4.66. The predicted molar refractivity (Wildman–Crippen MR) is 112 cm³/mol. The molecule has 0 saturated carbocycles. The maximum atomic E-state index is 12.7. The van der Waals surface area contributed by atoms with Gasteiger partial charge in [0.05, 0.1) is 13.5 Å². The van der Waals surface area contributed by atoms with Gasteiger partial charge in [0.15, 0.2) is 0 Å². The lowest BCUT2D eigenvalue weighted by Crippen LogP contribution is -2.49. The zero-order valence-electron chi connectivity index (χ0n) is 17.3. The van der Waals surface area contributed by atoms with Crippen LogP contribution in [0.15, 0.2) is 30.3 Å². The van der Waals surface area contributed by atoms with Gasteiger partial charge in [-0.1, -0.05) is 30.3 Å². The first-order chi connectivity index (χ1) is 12.8. The van der Waals surface area contributed by atoms with E-state index in [1.165, 1.54) is 12.7 Å². The summed E-state index contributed by atoms with van der Waals surface area (Å²) in [5, 5.41) is 0. The van der Waals surface area contributed by atoms with Crippen molar-refractivity contribution in [2.45, 2.75) is 58.2 Å². The first-order valence-corrected chi connectivity index (χ1v) is 9.61. The van der Waals surface area contributed by atoms with Crippen molar-refractivity contribution in [2.75, 3.05) is 26.7 Å². The van der Waals surface area contributed by atoms with Gasteiger partial charge in [-0.3, -0.25) is 9.69 Å². The fraction of sp³-hybridized carbons (Fsp3) is 0.619. The smallest absolute Gasteiger partial charge is 0.410 e. The molecule has 1 aromatic carbocycles. The minimum absolute atomic E-state index is 0. The molecule has 0 aromatic heterocycles. The number of halogens is 1. The van der Waals surface area contributed by atoms with Crippen LogP contribution in [-0.2, 0) is 20.8 Å². The second-order valence-corrected chi connectivity index (χ2v) is 7.99. The van der Waals surface area contributed by atoms with Crippen LogP contribution in [0.25, 0.3) is 0 Å². The number of amides is 1. The molecule has 0 spiro atoms. The van der Waals surface area contributed by atoms with Crippen LogP contribution in [0.4, 0.5) is 4.79 Å². The van der Waals surface area contributed by atoms with E-state index in [1.54, 1.807) is 4.90 Å². The van der Waals surface area contributed by atoms with Gasteiger partial charge in [-0.15, -0.1) is 12.4 Å². The Morgan fingerprint density at radius 3 is 2.29 bits per heavy atom. The van der Waals surface area contributed by atoms with Crippen LogP contribution in [-0.4, -0.2) is 60.2 Å². The van der Waals surface area contributed by atoms with E-state index in [9.17, 15) is 9.59 Å². The van der Waals surface area contributed by atoms with Gasteiger partial charge in [0.1, 0.15) is 5.60 Å². The molecule has 1 amide bonds. The number of hydrogen-bond acceptors (Lipinski definition) is 5. The first-order valence-electron chi connectivity index (χ1n) is 9.61. The number of carbonyl (C=O) groups is 2. The van der Waals surface area contributed by atoms with Crippen LogP contribution in [0.1, 0.15) is 45.6 Å². The van der Waals surface area contributed by atoms with E-state index in [4.69, 9.17) is 9.47 Å². The van der Waals surface area contributed by atoms with E-state index < -0.39 is 5.60 Å². The molecule has 7 heteroatoms. The number of methoxy groups -OCH3 is 1. The topological polar surface area (TPSA) is 59.1 Å². The van der Waals surface area contributed by atoms with Crippen LogP contribution in [0.3, 0.4) is 0 Å². The minimum atomic E-state index is -0.561. The summed E-state index contributed by atoms with van der Waals surface area (Å²) < 4.78 is 10.3. The number of carbonyl (C=O) groups excluding carboxylic acids is 2. The monoisotopic (exact) mass is 412 g/mol. The van der Waals surface area contributed by atoms with Crippen molar-refractivity contribution in [3.8, 4) is 0 Å². The highest BCUT2D eigenvalue weighted by atomic mass is 35.5. The van der Waals surface area contributed by atoms with Gasteiger partial charge in [0, 0.05) is 32.2 Å². The summed E-state index contributed by atoms with van der Waals surface area (Å²) in [4.78, 5) is 28.3. The number of nitrogens with zero attached hydrogens (tertiary/aromatic N) is 2. The molecule has 28 heavy (non-hydrogen) atoms. The molecule has 0 unspecified atom stereocenters. The third kappa shape index (κ3) is 8.07. The van der Waals surface area contributed by atoms with E-state index >= 15 is 0 Å². The Balaban J connectivity index is 0.00000392. The molecule has 0 bridgehead atoms. The van der Waals surface area contributed by atoms with Gasteiger partial charge < -0.3 is 14.4 Å². The molecule has 1 aliphatic rings. The van der Waals surface area contributed by atoms with Crippen molar-refractivity contribution in [3.63, 3.8) is 0 Å². The Morgan fingerprint density at radius 1 is 1.14 bits per heavy atom. The zero-order valence-corrected chi connectivity index (χ0v) is 18.2. The quantitative estimate of drug-likeness (QED) is 0.664. The van der Waals surface area contributed by atoms with Crippen molar-refractivity contribution in [1.82, 2.24) is 9.80 Å².